The van der Waals surface area contributed by atoms with Gasteiger partial charge in [0.1, 0.15) is 12.4 Å². The van der Waals surface area contributed by atoms with Gasteiger partial charge in [0.15, 0.2) is 5.76 Å². The minimum atomic E-state index is -0.259. The van der Waals surface area contributed by atoms with Gasteiger partial charge >= 0.3 is 0 Å². The third-order valence-corrected chi connectivity index (χ3v) is 3.03. The van der Waals surface area contributed by atoms with E-state index in [1.807, 2.05) is 56.3 Å². The van der Waals surface area contributed by atoms with Gasteiger partial charge in [-0.15, -0.1) is 0 Å². The van der Waals surface area contributed by atoms with E-state index >= 15 is 0 Å². The second-order valence-corrected chi connectivity index (χ2v) is 4.74. The quantitative estimate of drug-likeness (QED) is 0.835. The Balaban J connectivity index is 2.07. The second-order valence-electron chi connectivity index (χ2n) is 4.74. The van der Waals surface area contributed by atoms with Gasteiger partial charge in [0, 0.05) is 14.1 Å². The molecule has 4 nitrogen and oxygen atoms in total. The summed E-state index contributed by atoms with van der Waals surface area (Å²) in [4.78, 5) is 18.3. The van der Waals surface area contributed by atoms with Crippen LogP contribution in [0.4, 0.5) is 0 Å². The molecule has 19 heavy (non-hydrogen) atoms. The summed E-state index contributed by atoms with van der Waals surface area (Å²) in [6, 6.07) is 9.77. The summed E-state index contributed by atoms with van der Waals surface area (Å²) >= 11 is 0. The lowest BCUT2D eigenvalue weighted by Crippen LogP contribution is -2.36. The highest BCUT2D eigenvalue weighted by Gasteiger charge is 2.28. The molecule has 0 fully saturated rings. The van der Waals surface area contributed by atoms with Crippen LogP contribution in [0.1, 0.15) is 12.5 Å². The second kappa shape index (κ2) is 5.69. The minimum absolute atomic E-state index is 0.0189. The number of hydrogen-bond acceptors (Lipinski definition) is 4. The van der Waals surface area contributed by atoms with Crippen LogP contribution in [0, 0.1) is 5.92 Å². The molecule has 0 amide bonds. The van der Waals surface area contributed by atoms with Gasteiger partial charge in [-0.05, 0) is 12.5 Å². The zero-order valence-corrected chi connectivity index (χ0v) is 11.5. The van der Waals surface area contributed by atoms with Crippen molar-refractivity contribution in [3.63, 3.8) is 0 Å². The molecule has 0 radical (unpaired) electrons. The molecule has 0 aliphatic carbocycles. The third-order valence-electron chi connectivity index (χ3n) is 3.03. The number of amidine groups is 1. The molecule has 0 spiro atoms. The molecule has 1 aromatic rings. The molecule has 1 unspecified atom stereocenters. The van der Waals surface area contributed by atoms with Gasteiger partial charge < -0.3 is 9.64 Å². The Kier molecular flexibility index (Phi) is 4.00. The lowest BCUT2D eigenvalue weighted by Gasteiger charge is -2.24. The molecule has 0 saturated heterocycles. The predicted octanol–water partition coefficient (Wildman–Crippen LogP) is 2.22. The van der Waals surface area contributed by atoms with Gasteiger partial charge in [-0.2, -0.15) is 0 Å². The number of aliphatic imine (C=N–C) groups is 1. The zero-order chi connectivity index (χ0) is 13.8. The van der Waals surface area contributed by atoms with Gasteiger partial charge in [0.2, 0.25) is 5.78 Å². The lowest BCUT2D eigenvalue weighted by molar-refractivity contribution is -0.121. The van der Waals surface area contributed by atoms with E-state index in [0.29, 0.717) is 12.4 Å². The Morgan fingerprint density at radius 2 is 1.95 bits per heavy atom. The number of nitrogens with zero attached hydrogens (tertiary/aromatic N) is 2. The molecule has 1 atom stereocenters. The fraction of sp³-hybridized carbons (Fsp3) is 0.333. The van der Waals surface area contributed by atoms with Crippen LogP contribution in [-0.4, -0.2) is 30.6 Å². The molecule has 2 rings (SSSR count). The Labute approximate surface area is 113 Å². The van der Waals surface area contributed by atoms with Crippen molar-refractivity contribution >= 4 is 11.6 Å². The van der Waals surface area contributed by atoms with E-state index in [1.54, 1.807) is 0 Å². The number of allylic oxidation sites excluding steroid dienone is 1. The van der Waals surface area contributed by atoms with Crippen LogP contribution in [0.2, 0.25) is 0 Å². The van der Waals surface area contributed by atoms with E-state index < -0.39 is 0 Å². The van der Waals surface area contributed by atoms with Crippen LogP contribution in [0.3, 0.4) is 0 Å². The molecule has 0 N–H and O–H groups in total. The smallest absolute Gasteiger partial charge is 0.209 e. The maximum Gasteiger partial charge on any atom is 0.209 e. The maximum atomic E-state index is 12.2. The largest absolute Gasteiger partial charge is 0.484 e. The first-order chi connectivity index (χ1) is 9.09. The molecule has 0 aromatic heterocycles. The standard InChI is InChI=1S/C15H18N2O2/c1-11-14(18)13(9-16-15(11)17(2)3)19-10-12-7-5-4-6-8-12/h4-9,11H,10H2,1-3H3. The Bertz CT molecular complexity index is 518. The first kappa shape index (κ1) is 13.3. The van der Waals surface area contributed by atoms with Crippen molar-refractivity contribution in [1.82, 2.24) is 4.90 Å². The van der Waals surface area contributed by atoms with Crippen molar-refractivity contribution < 1.29 is 9.53 Å². The van der Waals surface area contributed by atoms with E-state index in [-0.39, 0.29) is 11.7 Å². The maximum absolute atomic E-state index is 12.2. The Morgan fingerprint density at radius 1 is 1.26 bits per heavy atom. The first-order valence-electron chi connectivity index (χ1n) is 6.25. The van der Waals surface area contributed by atoms with Gasteiger partial charge in [-0.3, -0.25) is 4.79 Å². The minimum Gasteiger partial charge on any atom is -0.484 e. The van der Waals surface area contributed by atoms with Crippen molar-refractivity contribution in [3.05, 3.63) is 47.9 Å². The average molecular weight is 258 g/mol. The topological polar surface area (TPSA) is 41.9 Å². The fourth-order valence-corrected chi connectivity index (χ4v) is 1.98. The molecular formula is C15H18N2O2. The molecule has 1 aliphatic rings. The van der Waals surface area contributed by atoms with Crippen LogP contribution in [-0.2, 0) is 16.1 Å². The molecular weight excluding hydrogens is 240 g/mol. The summed E-state index contributed by atoms with van der Waals surface area (Å²) in [6.45, 7) is 2.23. The number of Topliss-reactive ketones (excluding diaryl/α,β-unsaturated/α-hetero) is 1. The van der Waals surface area contributed by atoms with Crippen molar-refractivity contribution in [3.8, 4) is 0 Å². The van der Waals surface area contributed by atoms with Crippen molar-refractivity contribution in [2.24, 2.45) is 10.9 Å². The van der Waals surface area contributed by atoms with E-state index in [2.05, 4.69) is 4.99 Å². The predicted molar refractivity (Wildman–Crippen MR) is 74.6 cm³/mol. The number of carbonyl (C=O) groups is 1. The summed E-state index contributed by atoms with van der Waals surface area (Å²) in [7, 11) is 3.76. The molecule has 4 heteroatoms. The molecule has 1 aliphatic heterocycles. The van der Waals surface area contributed by atoms with Crippen LogP contribution < -0.4 is 0 Å². The number of rotatable bonds is 3. The van der Waals surface area contributed by atoms with E-state index in [4.69, 9.17) is 4.74 Å². The highest BCUT2D eigenvalue weighted by atomic mass is 16.5. The molecule has 0 bridgehead atoms. The van der Waals surface area contributed by atoms with Gasteiger partial charge in [-0.1, -0.05) is 30.3 Å². The van der Waals surface area contributed by atoms with E-state index in [9.17, 15) is 4.79 Å². The number of ether oxygens (including phenoxy) is 1. The van der Waals surface area contributed by atoms with Gasteiger partial charge in [0.05, 0.1) is 12.1 Å². The monoisotopic (exact) mass is 258 g/mol. The molecule has 1 aromatic carbocycles. The normalized spacial score (nSPS) is 18.7. The summed E-state index contributed by atoms with van der Waals surface area (Å²) in [5, 5.41) is 0. The highest BCUT2D eigenvalue weighted by Crippen LogP contribution is 2.18. The number of benzene rings is 1. The summed E-state index contributed by atoms with van der Waals surface area (Å²) in [5.74, 6) is 0.819. The Hall–Kier alpha value is -2.10. The van der Waals surface area contributed by atoms with Crippen LogP contribution in [0.5, 0.6) is 0 Å². The third kappa shape index (κ3) is 3.02. The summed E-state index contributed by atoms with van der Waals surface area (Å²) in [6.07, 6.45) is 1.51. The van der Waals surface area contributed by atoms with Gasteiger partial charge in [0.25, 0.3) is 0 Å². The van der Waals surface area contributed by atoms with Crippen molar-refractivity contribution in [2.75, 3.05) is 14.1 Å². The summed E-state index contributed by atoms with van der Waals surface area (Å²) in [5.41, 5.74) is 1.03. The summed E-state index contributed by atoms with van der Waals surface area (Å²) < 4.78 is 5.57. The van der Waals surface area contributed by atoms with E-state index in [1.165, 1.54) is 6.20 Å². The van der Waals surface area contributed by atoms with Gasteiger partial charge in [-0.25, -0.2) is 4.99 Å². The van der Waals surface area contributed by atoms with E-state index in [0.717, 1.165) is 11.4 Å². The first-order valence-corrected chi connectivity index (χ1v) is 6.25. The zero-order valence-electron chi connectivity index (χ0n) is 11.5. The molecule has 1 heterocycles. The van der Waals surface area contributed by atoms with Crippen LogP contribution >= 0.6 is 0 Å². The molecule has 100 valence electrons. The number of ketones is 1. The SMILES string of the molecule is CC1C(=O)C(OCc2ccccc2)=CN=C1N(C)C. The fourth-order valence-electron chi connectivity index (χ4n) is 1.98. The number of carbonyl (C=O) groups excluding carboxylic acids is 1. The average Bonchev–Trinajstić information content (AvgIpc) is 2.41. The number of hydrogen-bond donors (Lipinski definition) is 0. The van der Waals surface area contributed by atoms with Crippen LogP contribution in [0.25, 0.3) is 0 Å². The van der Waals surface area contributed by atoms with Crippen LogP contribution in [0.15, 0.2) is 47.3 Å². The van der Waals surface area contributed by atoms with Crippen molar-refractivity contribution in [2.45, 2.75) is 13.5 Å². The Morgan fingerprint density at radius 3 is 2.58 bits per heavy atom. The molecule has 0 saturated carbocycles. The highest BCUT2D eigenvalue weighted by molar-refractivity contribution is 6.12. The lowest BCUT2D eigenvalue weighted by atomic mass is 10.0. The van der Waals surface area contributed by atoms with Crippen molar-refractivity contribution in [1.29, 1.82) is 0 Å².